The number of thioether (sulfide) groups is 1. The molecule has 2 heterocycles. The first-order valence-electron chi connectivity index (χ1n) is 8.27. The number of fused-ring (bicyclic) bond motifs is 1. The zero-order valence-corrected chi connectivity index (χ0v) is 15.0. The van der Waals surface area contributed by atoms with Gasteiger partial charge in [0.2, 0.25) is 5.91 Å². The number of aliphatic imine (C=N–C) groups is 1. The van der Waals surface area contributed by atoms with Crippen LogP contribution in [-0.2, 0) is 17.8 Å². The molecule has 2 unspecified atom stereocenters. The molecule has 1 aliphatic heterocycles. The minimum Gasteiger partial charge on any atom is -0.345 e. The molecule has 130 valence electrons. The minimum absolute atomic E-state index is 0.129. The average molecular weight is 355 g/mol. The largest absolute Gasteiger partial charge is 0.345 e. The van der Waals surface area contributed by atoms with Crippen LogP contribution in [0.3, 0.4) is 0 Å². The van der Waals surface area contributed by atoms with Crippen molar-refractivity contribution in [3.8, 4) is 0 Å². The maximum atomic E-state index is 11.8. The predicted molar refractivity (Wildman–Crippen MR) is 103 cm³/mol. The van der Waals surface area contributed by atoms with Crippen LogP contribution in [0.1, 0.15) is 18.9 Å². The molecule has 1 aliphatic rings. The van der Waals surface area contributed by atoms with E-state index in [1.807, 2.05) is 25.1 Å². The Morgan fingerprint density at radius 2 is 2.24 bits per heavy atom. The quantitative estimate of drug-likeness (QED) is 0.610. The molecule has 1 N–H and O–H groups in total. The standard InChI is InChI=1S/C19H21N3O2S/c1-3-4-7-14(20-2)12-22-10-9-15-13(6-5-8-16(15)22)11-17-18(23)21-19(24)25-17/h3-6,8-10,14,17H,2,7,11-12H2,1H3,(H,21,23,24)/b4-3-. The number of benzene rings is 1. The number of hydrogen-bond donors (Lipinski definition) is 1. The highest BCUT2D eigenvalue weighted by Crippen LogP contribution is 2.27. The van der Waals surface area contributed by atoms with Crippen LogP contribution in [0, 0.1) is 0 Å². The van der Waals surface area contributed by atoms with E-state index in [1.54, 1.807) is 0 Å². The number of aromatic nitrogens is 1. The Morgan fingerprint density at radius 1 is 1.40 bits per heavy atom. The van der Waals surface area contributed by atoms with Crippen molar-refractivity contribution in [3.05, 3.63) is 48.2 Å². The van der Waals surface area contributed by atoms with Crippen LogP contribution in [0.25, 0.3) is 10.9 Å². The average Bonchev–Trinajstić information content (AvgIpc) is 3.15. The number of carbonyl (C=O) groups excluding carboxylic acids is 2. The van der Waals surface area contributed by atoms with E-state index in [9.17, 15) is 9.59 Å². The summed E-state index contributed by atoms with van der Waals surface area (Å²) in [6.07, 6.45) is 7.58. The molecule has 1 aromatic heterocycles. The van der Waals surface area contributed by atoms with E-state index in [2.05, 4.69) is 46.0 Å². The Labute approximate surface area is 151 Å². The Balaban J connectivity index is 1.83. The van der Waals surface area contributed by atoms with Crippen LogP contribution >= 0.6 is 11.8 Å². The van der Waals surface area contributed by atoms with Gasteiger partial charge in [-0.25, -0.2) is 0 Å². The highest BCUT2D eigenvalue weighted by molar-refractivity contribution is 8.15. The molecule has 1 saturated heterocycles. The molecule has 25 heavy (non-hydrogen) atoms. The molecule has 1 aromatic carbocycles. The summed E-state index contributed by atoms with van der Waals surface area (Å²) in [5.74, 6) is -0.200. The van der Waals surface area contributed by atoms with Crippen molar-refractivity contribution in [3.63, 3.8) is 0 Å². The van der Waals surface area contributed by atoms with E-state index in [0.29, 0.717) is 6.42 Å². The van der Waals surface area contributed by atoms with Crippen LogP contribution in [0.5, 0.6) is 0 Å². The number of hydrogen-bond acceptors (Lipinski definition) is 4. The van der Waals surface area contributed by atoms with Crippen molar-refractivity contribution in [1.29, 1.82) is 0 Å². The minimum atomic E-state index is -0.348. The smallest absolute Gasteiger partial charge is 0.286 e. The van der Waals surface area contributed by atoms with E-state index in [-0.39, 0.29) is 22.4 Å². The second-order valence-electron chi connectivity index (χ2n) is 6.05. The van der Waals surface area contributed by atoms with Crippen molar-refractivity contribution in [2.75, 3.05) is 0 Å². The molecule has 2 amide bonds. The molecule has 0 saturated carbocycles. The first-order chi connectivity index (χ1) is 12.1. The van der Waals surface area contributed by atoms with Crippen LogP contribution in [0.2, 0.25) is 0 Å². The third-order valence-corrected chi connectivity index (χ3v) is 5.37. The van der Waals surface area contributed by atoms with Crippen LogP contribution < -0.4 is 5.32 Å². The predicted octanol–water partition coefficient (Wildman–Crippen LogP) is 3.57. The maximum Gasteiger partial charge on any atom is 0.286 e. The summed E-state index contributed by atoms with van der Waals surface area (Å²) in [5, 5.41) is 2.85. The fourth-order valence-electron chi connectivity index (χ4n) is 3.08. The summed E-state index contributed by atoms with van der Waals surface area (Å²) in [6, 6.07) is 8.29. The monoisotopic (exact) mass is 355 g/mol. The van der Waals surface area contributed by atoms with Crippen LogP contribution in [0.15, 0.2) is 47.6 Å². The van der Waals surface area contributed by atoms with E-state index in [0.717, 1.165) is 41.2 Å². The van der Waals surface area contributed by atoms with Gasteiger partial charge in [-0.3, -0.25) is 19.9 Å². The summed E-state index contributed by atoms with van der Waals surface area (Å²) >= 11 is 1.07. The van der Waals surface area contributed by atoms with Crippen molar-refractivity contribution < 1.29 is 9.59 Å². The van der Waals surface area contributed by atoms with Gasteiger partial charge in [-0.15, -0.1) is 0 Å². The molecule has 3 rings (SSSR count). The lowest BCUT2D eigenvalue weighted by Crippen LogP contribution is -2.25. The van der Waals surface area contributed by atoms with Gasteiger partial charge in [-0.05, 0) is 44.2 Å². The van der Waals surface area contributed by atoms with Gasteiger partial charge in [0.25, 0.3) is 5.24 Å². The van der Waals surface area contributed by atoms with Gasteiger partial charge < -0.3 is 4.57 Å². The lowest BCUT2D eigenvalue weighted by Gasteiger charge is -2.13. The van der Waals surface area contributed by atoms with Gasteiger partial charge >= 0.3 is 0 Å². The maximum absolute atomic E-state index is 11.8. The Kier molecular flexibility index (Phi) is 5.38. The topological polar surface area (TPSA) is 63.5 Å². The summed E-state index contributed by atoms with van der Waals surface area (Å²) in [4.78, 5) is 27.4. The SMILES string of the molecule is C=NC(C/C=C\C)Cn1ccc2c(CC3SC(=O)NC3=O)cccc21. The Morgan fingerprint density at radius 3 is 2.92 bits per heavy atom. The molecule has 0 radical (unpaired) electrons. The third kappa shape index (κ3) is 3.85. The molecule has 0 bridgehead atoms. The van der Waals surface area contributed by atoms with Crippen molar-refractivity contribution >= 4 is 40.5 Å². The Hall–Kier alpha value is -2.34. The molecule has 0 aliphatic carbocycles. The highest BCUT2D eigenvalue weighted by Gasteiger charge is 2.31. The van der Waals surface area contributed by atoms with Crippen LogP contribution in [-0.4, -0.2) is 33.7 Å². The van der Waals surface area contributed by atoms with E-state index in [4.69, 9.17) is 0 Å². The number of allylic oxidation sites excluding steroid dienone is 1. The molecule has 1 fully saturated rings. The molecule has 2 atom stereocenters. The normalized spacial score (nSPS) is 18.8. The molecular weight excluding hydrogens is 334 g/mol. The number of rotatable bonds is 7. The van der Waals surface area contributed by atoms with Crippen molar-refractivity contribution in [1.82, 2.24) is 9.88 Å². The summed E-state index contributed by atoms with van der Waals surface area (Å²) < 4.78 is 2.18. The van der Waals surface area contributed by atoms with Gasteiger partial charge in [0.05, 0.1) is 11.3 Å². The summed E-state index contributed by atoms with van der Waals surface area (Å²) in [6.45, 7) is 6.46. The second-order valence-corrected chi connectivity index (χ2v) is 7.22. The molecule has 0 spiro atoms. The first kappa shape index (κ1) is 17.5. The first-order valence-corrected chi connectivity index (χ1v) is 9.15. The van der Waals surface area contributed by atoms with E-state index >= 15 is 0 Å². The number of nitrogens with zero attached hydrogens (tertiary/aromatic N) is 2. The van der Waals surface area contributed by atoms with Gasteiger partial charge in [-0.2, -0.15) is 0 Å². The van der Waals surface area contributed by atoms with Gasteiger partial charge in [0.15, 0.2) is 0 Å². The number of amides is 2. The molecular formula is C19H21N3O2S. The fraction of sp³-hybridized carbons (Fsp3) is 0.316. The fourth-order valence-corrected chi connectivity index (χ4v) is 3.93. The number of imide groups is 1. The zero-order chi connectivity index (χ0) is 17.8. The third-order valence-electron chi connectivity index (χ3n) is 4.39. The van der Waals surface area contributed by atoms with E-state index in [1.165, 1.54) is 0 Å². The lowest BCUT2D eigenvalue weighted by molar-refractivity contribution is -0.118. The van der Waals surface area contributed by atoms with Crippen molar-refractivity contribution in [2.45, 2.75) is 37.6 Å². The van der Waals surface area contributed by atoms with Gasteiger partial charge in [0.1, 0.15) is 0 Å². The number of nitrogens with one attached hydrogen (secondary N) is 1. The van der Waals surface area contributed by atoms with Gasteiger partial charge in [0, 0.05) is 23.6 Å². The van der Waals surface area contributed by atoms with Crippen molar-refractivity contribution in [2.24, 2.45) is 4.99 Å². The van der Waals surface area contributed by atoms with Crippen LogP contribution in [0.4, 0.5) is 4.79 Å². The summed E-state index contributed by atoms with van der Waals surface area (Å²) in [7, 11) is 0. The van der Waals surface area contributed by atoms with Gasteiger partial charge in [-0.1, -0.05) is 36.0 Å². The van der Waals surface area contributed by atoms with E-state index < -0.39 is 0 Å². The summed E-state index contributed by atoms with van der Waals surface area (Å²) in [5.41, 5.74) is 2.19. The molecule has 6 heteroatoms. The highest BCUT2D eigenvalue weighted by atomic mass is 32.2. The lowest BCUT2D eigenvalue weighted by atomic mass is 10.0. The molecule has 5 nitrogen and oxygen atoms in total. The number of carbonyl (C=O) groups is 2. The Bertz CT molecular complexity index is 840. The second kappa shape index (κ2) is 7.70. The molecule has 2 aromatic rings. The zero-order valence-electron chi connectivity index (χ0n) is 14.1.